The standard InChI is InChI=1S/C66H74BN3/c1-61(2,3)44-26-31-48(32-27-44)68-56-34-29-46(63(7,8)9)39-52(56)67-53-40-47(64(10,11)12)30-35-57(53)69(54-33-28-45(62(4,5)6)38-50(54)43-22-16-15-17-23-43)59-42-49(41-58(68)60(59)67)70-55-25-19-18-24-51(55)65(13)36-20-21-37-66(65,70)14/h15-19,22-35,38-42H,20-21,36-37H2,1-14H3. The van der Waals surface area contributed by atoms with Crippen LogP contribution in [-0.4, -0.2) is 12.3 Å². The van der Waals surface area contributed by atoms with Crippen LogP contribution in [0.15, 0.2) is 146 Å². The summed E-state index contributed by atoms with van der Waals surface area (Å²) >= 11 is 0. The molecule has 1 saturated carbocycles. The van der Waals surface area contributed by atoms with Gasteiger partial charge in [-0.1, -0.05) is 194 Å². The third-order valence-electron chi connectivity index (χ3n) is 17.2. The fourth-order valence-corrected chi connectivity index (χ4v) is 12.8. The molecular formula is C66H74BN3. The predicted octanol–water partition coefficient (Wildman–Crippen LogP) is 16.4. The van der Waals surface area contributed by atoms with Gasteiger partial charge in [0.25, 0.3) is 6.71 Å². The monoisotopic (exact) mass is 920 g/mol. The van der Waals surface area contributed by atoms with Gasteiger partial charge in [0.2, 0.25) is 0 Å². The summed E-state index contributed by atoms with van der Waals surface area (Å²) in [6.07, 6.45) is 4.80. The molecule has 11 rings (SSSR count). The molecule has 2 unspecified atom stereocenters. The lowest BCUT2D eigenvalue weighted by Gasteiger charge is -2.51. The van der Waals surface area contributed by atoms with Crippen molar-refractivity contribution in [3.05, 3.63) is 173 Å². The molecule has 1 aliphatic carbocycles. The summed E-state index contributed by atoms with van der Waals surface area (Å²) in [4.78, 5) is 8.11. The summed E-state index contributed by atoms with van der Waals surface area (Å²) in [7, 11) is 0. The van der Waals surface area contributed by atoms with Crippen LogP contribution >= 0.6 is 0 Å². The van der Waals surface area contributed by atoms with E-state index in [0.29, 0.717) is 0 Å². The largest absolute Gasteiger partial charge is 0.334 e. The highest BCUT2D eigenvalue weighted by Gasteiger charge is 2.58. The van der Waals surface area contributed by atoms with Crippen LogP contribution in [0.5, 0.6) is 0 Å². The first-order valence-corrected chi connectivity index (χ1v) is 26.3. The van der Waals surface area contributed by atoms with Gasteiger partial charge >= 0.3 is 0 Å². The Morgan fingerprint density at radius 2 is 0.900 bits per heavy atom. The van der Waals surface area contributed by atoms with Crippen molar-refractivity contribution in [3.8, 4) is 11.1 Å². The molecule has 7 aromatic rings. The lowest BCUT2D eigenvalue weighted by Crippen LogP contribution is -2.62. The van der Waals surface area contributed by atoms with Gasteiger partial charge in [0.05, 0.1) is 11.2 Å². The summed E-state index contributed by atoms with van der Waals surface area (Å²) in [5.74, 6) is 0. The van der Waals surface area contributed by atoms with Crippen LogP contribution in [0.1, 0.15) is 150 Å². The molecule has 356 valence electrons. The Morgan fingerprint density at radius 3 is 1.49 bits per heavy atom. The maximum Gasteiger partial charge on any atom is 0.252 e. The van der Waals surface area contributed by atoms with Crippen LogP contribution in [0.25, 0.3) is 11.1 Å². The zero-order valence-corrected chi connectivity index (χ0v) is 44.6. The molecular weight excluding hydrogens is 846 g/mol. The predicted molar refractivity (Wildman–Crippen MR) is 304 cm³/mol. The van der Waals surface area contributed by atoms with Gasteiger partial charge in [-0.15, -0.1) is 0 Å². The Bertz CT molecular complexity index is 3190. The van der Waals surface area contributed by atoms with Crippen LogP contribution in [0.4, 0.5) is 45.5 Å². The molecule has 0 spiro atoms. The minimum Gasteiger partial charge on any atom is -0.334 e. The molecule has 2 atom stereocenters. The number of benzene rings is 7. The van der Waals surface area contributed by atoms with Gasteiger partial charge in [-0.05, 0) is 146 Å². The van der Waals surface area contributed by atoms with Crippen molar-refractivity contribution < 1.29 is 0 Å². The van der Waals surface area contributed by atoms with Crippen LogP contribution in [0, 0.1) is 0 Å². The van der Waals surface area contributed by atoms with Gasteiger partial charge in [0, 0.05) is 50.8 Å². The number of para-hydroxylation sites is 1. The summed E-state index contributed by atoms with van der Waals surface area (Å²) in [6.45, 7) is 33.3. The normalized spacial score (nSPS) is 19.6. The Kier molecular flexibility index (Phi) is 10.4. The molecule has 3 heterocycles. The van der Waals surface area contributed by atoms with Crippen molar-refractivity contribution in [1.82, 2.24) is 0 Å². The van der Waals surface area contributed by atoms with E-state index in [1.54, 1.807) is 0 Å². The van der Waals surface area contributed by atoms with E-state index in [1.165, 1.54) is 120 Å². The number of rotatable bonds is 4. The molecule has 4 aliphatic rings. The van der Waals surface area contributed by atoms with Gasteiger partial charge < -0.3 is 14.7 Å². The molecule has 0 aromatic heterocycles. The highest BCUT2D eigenvalue weighted by molar-refractivity contribution is 7.00. The highest BCUT2D eigenvalue weighted by Crippen LogP contribution is 2.62. The Balaban J connectivity index is 1.30. The molecule has 0 amide bonds. The molecule has 0 N–H and O–H groups in total. The second kappa shape index (κ2) is 15.8. The van der Waals surface area contributed by atoms with Crippen molar-refractivity contribution in [1.29, 1.82) is 0 Å². The van der Waals surface area contributed by atoms with E-state index >= 15 is 0 Å². The Labute approximate surface area is 421 Å². The lowest BCUT2D eigenvalue weighted by atomic mass is 9.33. The number of fused-ring (bicyclic) bond motifs is 7. The van der Waals surface area contributed by atoms with Crippen molar-refractivity contribution >= 4 is 68.6 Å². The average molecular weight is 920 g/mol. The summed E-state index contributed by atoms with van der Waals surface area (Å²) in [5.41, 5.74) is 23.2. The minimum atomic E-state index is -0.120. The number of hydrogen-bond donors (Lipinski definition) is 0. The van der Waals surface area contributed by atoms with E-state index in [9.17, 15) is 0 Å². The molecule has 1 fully saturated rings. The lowest BCUT2D eigenvalue weighted by molar-refractivity contribution is 0.195. The molecule has 0 bridgehead atoms. The fraction of sp³-hybridized carbons (Fsp3) is 0.364. The average Bonchev–Trinajstić information content (AvgIpc) is 3.53. The topological polar surface area (TPSA) is 9.72 Å². The number of nitrogens with zero attached hydrogens (tertiary/aromatic N) is 3. The second-order valence-corrected chi connectivity index (χ2v) is 25.9. The first-order valence-electron chi connectivity index (χ1n) is 26.3. The van der Waals surface area contributed by atoms with E-state index < -0.39 is 0 Å². The molecule has 7 aromatic carbocycles. The maximum absolute atomic E-state index is 2.80. The van der Waals surface area contributed by atoms with Gasteiger partial charge in [-0.25, -0.2) is 0 Å². The molecule has 3 aliphatic heterocycles. The van der Waals surface area contributed by atoms with Crippen molar-refractivity contribution in [2.45, 2.75) is 155 Å². The molecule has 0 radical (unpaired) electrons. The van der Waals surface area contributed by atoms with E-state index in [0.717, 1.165) is 6.42 Å². The third kappa shape index (κ3) is 7.12. The minimum absolute atomic E-state index is 0.00878. The van der Waals surface area contributed by atoms with E-state index in [1.807, 2.05) is 0 Å². The van der Waals surface area contributed by atoms with Crippen LogP contribution < -0.4 is 31.1 Å². The SMILES string of the molecule is CC(C)(C)c1ccc(N2c3ccc(C(C)(C)C)cc3B3c4cc(C(C)(C)C)ccc4N(c4ccc(C(C)(C)C)cc4-c4ccccc4)c4cc(N5c6ccccc6C6(C)CCCCC56C)cc2c43)cc1. The van der Waals surface area contributed by atoms with E-state index in [2.05, 4.69) is 257 Å². The summed E-state index contributed by atoms with van der Waals surface area (Å²) in [6, 6.07) is 57.4. The Hall–Kier alpha value is -6.00. The maximum atomic E-state index is 2.80. The quantitative estimate of drug-likeness (QED) is 0.163. The third-order valence-corrected chi connectivity index (χ3v) is 17.2. The van der Waals surface area contributed by atoms with Gasteiger partial charge in [-0.2, -0.15) is 0 Å². The zero-order chi connectivity index (χ0) is 49.5. The van der Waals surface area contributed by atoms with Gasteiger partial charge in [-0.3, -0.25) is 0 Å². The smallest absolute Gasteiger partial charge is 0.252 e. The zero-order valence-electron chi connectivity index (χ0n) is 44.6. The molecule has 70 heavy (non-hydrogen) atoms. The van der Waals surface area contributed by atoms with E-state index in [-0.39, 0.29) is 39.3 Å². The first kappa shape index (κ1) is 46.4. The van der Waals surface area contributed by atoms with E-state index in [4.69, 9.17) is 0 Å². The second-order valence-electron chi connectivity index (χ2n) is 25.9. The van der Waals surface area contributed by atoms with Gasteiger partial charge in [0.1, 0.15) is 0 Å². The summed E-state index contributed by atoms with van der Waals surface area (Å²) in [5, 5.41) is 0. The van der Waals surface area contributed by atoms with Crippen LogP contribution in [0.2, 0.25) is 0 Å². The van der Waals surface area contributed by atoms with Crippen LogP contribution in [-0.2, 0) is 27.1 Å². The molecule has 0 saturated heterocycles. The van der Waals surface area contributed by atoms with Crippen molar-refractivity contribution in [3.63, 3.8) is 0 Å². The Morgan fingerprint density at radius 1 is 0.414 bits per heavy atom. The fourth-order valence-electron chi connectivity index (χ4n) is 12.8. The number of anilines is 8. The van der Waals surface area contributed by atoms with Gasteiger partial charge in [0.15, 0.2) is 0 Å². The van der Waals surface area contributed by atoms with Crippen molar-refractivity contribution in [2.75, 3.05) is 14.7 Å². The molecule has 4 heteroatoms. The molecule has 3 nitrogen and oxygen atoms in total. The summed E-state index contributed by atoms with van der Waals surface area (Å²) < 4.78 is 0. The first-order chi connectivity index (χ1) is 33.0. The van der Waals surface area contributed by atoms with Crippen LogP contribution in [0.3, 0.4) is 0 Å². The highest BCUT2D eigenvalue weighted by atomic mass is 15.3. The van der Waals surface area contributed by atoms with Crippen molar-refractivity contribution in [2.24, 2.45) is 0 Å². The number of hydrogen-bond acceptors (Lipinski definition) is 3.